The van der Waals surface area contributed by atoms with E-state index in [2.05, 4.69) is 4.18 Å². The Bertz CT molecular complexity index is 538. The van der Waals surface area contributed by atoms with E-state index in [1.165, 1.54) is 42.5 Å². The van der Waals surface area contributed by atoms with E-state index >= 15 is 0 Å². The summed E-state index contributed by atoms with van der Waals surface area (Å²) in [5.74, 6) is 0. The van der Waals surface area contributed by atoms with Crippen LogP contribution < -0.4 is 0 Å². The van der Waals surface area contributed by atoms with Gasteiger partial charge in [-0.15, -0.1) is 0 Å². The SMILES string of the molecule is CC(C)OS(=O)(=O)c1c(I)cccc1C(F)(F)F. The Kier molecular flexibility index (Phi) is 4.65. The maximum atomic E-state index is 12.8. The Labute approximate surface area is 117 Å². The lowest BCUT2D eigenvalue weighted by atomic mass is 10.2. The molecule has 0 aliphatic rings. The van der Waals surface area contributed by atoms with E-state index in [9.17, 15) is 21.6 Å². The first-order valence-corrected chi connectivity index (χ1v) is 7.33. The Balaban J connectivity index is 3.49. The Morgan fingerprint density at radius 3 is 2.28 bits per heavy atom. The normalized spacial score (nSPS) is 13.1. The van der Waals surface area contributed by atoms with E-state index in [1.807, 2.05) is 0 Å². The highest BCUT2D eigenvalue weighted by atomic mass is 127. The van der Waals surface area contributed by atoms with Crippen LogP contribution in [0, 0.1) is 3.57 Å². The number of rotatable bonds is 3. The van der Waals surface area contributed by atoms with Crippen LogP contribution in [0.15, 0.2) is 23.1 Å². The van der Waals surface area contributed by atoms with Crippen molar-refractivity contribution in [1.29, 1.82) is 0 Å². The molecule has 0 spiro atoms. The third-order valence-electron chi connectivity index (χ3n) is 1.84. The second-order valence-electron chi connectivity index (χ2n) is 3.71. The summed E-state index contributed by atoms with van der Waals surface area (Å²) in [7, 11) is -4.43. The number of halogens is 4. The van der Waals surface area contributed by atoms with Gasteiger partial charge in [0, 0.05) is 3.57 Å². The molecule has 0 saturated heterocycles. The fourth-order valence-corrected chi connectivity index (χ4v) is 3.96. The molecule has 1 rings (SSSR count). The quantitative estimate of drug-likeness (QED) is 0.583. The number of hydrogen-bond acceptors (Lipinski definition) is 3. The van der Waals surface area contributed by atoms with Crippen molar-refractivity contribution in [3.8, 4) is 0 Å². The van der Waals surface area contributed by atoms with Gasteiger partial charge in [-0.05, 0) is 48.6 Å². The first-order chi connectivity index (χ1) is 8.05. The van der Waals surface area contributed by atoms with E-state index in [0.29, 0.717) is 0 Å². The van der Waals surface area contributed by atoms with Gasteiger partial charge in [0.15, 0.2) is 0 Å². The van der Waals surface area contributed by atoms with Gasteiger partial charge >= 0.3 is 6.18 Å². The predicted octanol–water partition coefficient (Wildman–Crippen LogP) is 3.42. The molecule has 0 aliphatic carbocycles. The van der Waals surface area contributed by atoms with Crippen LogP contribution in [0.1, 0.15) is 19.4 Å². The molecule has 0 heterocycles. The van der Waals surface area contributed by atoms with Crippen molar-refractivity contribution in [2.45, 2.75) is 31.0 Å². The van der Waals surface area contributed by atoms with E-state index in [1.54, 1.807) is 0 Å². The summed E-state index contributed by atoms with van der Waals surface area (Å²) in [6.07, 6.45) is -5.48. The molecule has 8 heteroatoms. The lowest BCUT2D eigenvalue weighted by Gasteiger charge is -2.15. The first kappa shape index (κ1) is 15.7. The van der Waals surface area contributed by atoms with Gasteiger partial charge in [0.25, 0.3) is 10.1 Å². The molecule has 18 heavy (non-hydrogen) atoms. The van der Waals surface area contributed by atoms with Crippen molar-refractivity contribution in [1.82, 2.24) is 0 Å². The van der Waals surface area contributed by atoms with Gasteiger partial charge in [0.1, 0.15) is 4.90 Å². The largest absolute Gasteiger partial charge is 0.417 e. The molecule has 0 N–H and O–H groups in total. The van der Waals surface area contributed by atoms with Crippen molar-refractivity contribution in [3.05, 3.63) is 27.3 Å². The van der Waals surface area contributed by atoms with Crippen LogP contribution in [0.25, 0.3) is 0 Å². The third-order valence-corrected chi connectivity index (χ3v) is 4.68. The van der Waals surface area contributed by atoms with Gasteiger partial charge in [0.05, 0.1) is 11.7 Å². The fourth-order valence-electron chi connectivity index (χ4n) is 1.29. The highest BCUT2D eigenvalue weighted by Crippen LogP contribution is 2.37. The molecular formula is C10H10F3IO3S. The highest BCUT2D eigenvalue weighted by Gasteiger charge is 2.39. The minimum atomic E-state index is -4.75. The number of benzene rings is 1. The van der Waals surface area contributed by atoms with Gasteiger partial charge in [-0.25, -0.2) is 0 Å². The average Bonchev–Trinajstić information content (AvgIpc) is 2.13. The summed E-state index contributed by atoms with van der Waals surface area (Å²) < 4.78 is 66.5. The Hall–Kier alpha value is -0.350. The minimum absolute atomic E-state index is 0.0249. The molecular weight excluding hydrogens is 384 g/mol. The summed E-state index contributed by atoms with van der Waals surface area (Å²) in [6.45, 7) is 2.86. The molecule has 0 saturated carbocycles. The molecule has 0 unspecified atom stereocenters. The fraction of sp³-hybridized carbons (Fsp3) is 0.400. The topological polar surface area (TPSA) is 43.4 Å². The van der Waals surface area contributed by atoms with E-state index in [-0.39, 0.29) is 3.57 Å². The van der Waals surface area contributed by atoms with Crippen LogP contribution in [0.3, 0.4) is 0 Å². The molecule has 0 radical (unpaired) electrons. The van der Waals surface area contributed by atoms with E-state index < -0.39 is 32.9 Å². The first-order valence-electron chi connectivity index (χ1n) is 4.84. The third kappa shape index (κ3) is 3.58. The average molecular weight is 394 g/mol. The predicted molar refractivity (Wildman–Crippen MR) is 67.6 cm³/mol. The maximum Gasteiger partial charge on any atom is 0.417 e. The molecule has 0 bridgehead atoms. The Morgan fingerprint density at radius 1 is 1.28 bits per heavy atom. The van der Waals surface area contributed by atoms with Gasteiger partial charge in [0.2, 0.25) is 0 Å². The zero-order chi connectivity index (χ0) is 14.1. The lowest BCUT2D eigenvalue weighted by molar-refractivity contribution is -0.140. The maximum absolute atomic E-state index is 12.8. The van der Waals surface area contributed by atoms with Crippen molar-refractivity contribution in [2.24, 2.45) is 0 Å². The van der Waals surface area contributed by atoms with Gasteiger partial charge < -0.3 is 0 Å². The summed E-state index contributed by atoms with van der Waals surface area (Å²) in [5, 5.41) is 0. The van der Waals surface area contributed by atoms with E-state index in [0.717, 1.165) is 12.1 Å². The van der Waals surface area contributed by atoms with Crippen LogP contribution in [0.5, 0.6) is 0 Å². The molecule has 0 amide bonds. The summed E-state index contributed by atoms with van der Waals surface area (Å²) in [4.78, 5) is -0.827. The zero-order valence-corrected chi connectivity index (χ0v) is 12.4. The van der Waals surface area contributed by atoms with Crippen molar-refractivity contribution in [3.63, 3.8) is 0 Å². The Morgan fingerprint density at radius 2 is 1.83 bits per heavy atom. The highest BCUT2D eigenvalue weighted by molar-refractivity contribution is 14.1. The molecule has 0 aromatic heterocycles. The monoisotopic (exact) mass is 394 g/mol. The smallest absolute Gasteiger partial charge is 0.264 e. The number of alkyl halides is 3. The summed E-state index contributed by atoms with van der Waals surface area (Å²) >= 11 is 1.54. The van der Waals surface area contributed by atoms with Gasteiger partial charge in [-0.2, -0.15) is 21.6 Å². The molecule has 0 aliphatic heterocycles. The van der Waals surface area contributed by atoms with Crippen molar-refractivity contribution in [2.75, 3.05) is 0 Å². The number of hydrogen-bond donors (Lipinski definition) is 0. The molecule has 3 nitrogen and oxygen atoms in total. The van der Waals surface area contributed by atoms with Crippen LogP contribution in [-0.2, 0) is 20.5 Å². The minimum Gasteiger partial charge on any atom is -0.264 e. The van der Waals surface area contributed by atoms with Gasteiger partial charge in [-0.1, -0.05) is 6.07 Å². The standard InChI is InChI=1S/C10H10F3IO3S/c1-6(2)17-18(15,16)9-7(10(11,12)13)4-3-5-8(9)14/h3-6H,1-2H3. The van der Waals surface area contributed by atoms with Crippen molar-refractivity contribution >= 4 is 32.7 Å². The molecule has 1 aromatic carbocycles. The van der Waals surface area contributed by atoms with Crippen LogP contribution in [-0.4, -0.2) is 14.5 Å². The van der Waals surface area contributed by atoms with Crippen LogP contribution >= 0.6 is 22.6 Å². The zero-order valence-electron chi connectivity index (χ0n) is 9.45. The summed E-state index contributed by atoms with van der Waals surface area (Å²) in [6, 6.07) is 3.16. The summed E-state index contributed by atoms with van der Waals surface area (Å²) in [5.41, 5.74) is -1.21. The van der Waals surface area contributed by atoms with Crippen LogP contribution in [0.4, 0.5) is 13.2 Å². The van der Waals surface area contributed by atoms with Crippen LogP contribution in [0.2, 0.25) is 0 Å². The lowest BCUT2D eigenvalue weighted by Crippen LogP contribution is -2.19. The van der Waals surface area contributed by atoms with Gasteiger partial charge in [-0.3, -0.25) is 4.18 Å². The molecule has 1 aromatic rings. The van der Waals surface area contributed by atoms with Crippen molar-refractivity contribution < 1.29 is 25.8 Å². The molecule has 0 fully saturated rings. The molecule has 0 atom stereocenters. The second-order valence-corrected chi connectivity index (χ2v) is 6.38. The van der Waals surface area contributed by atoms with E-state index in [4.69, 9.17) is 0 Å². The molecule has 102 valence electrons. The second kappa shape index (κ2) is 5.33.